The zero-order chi connectivity index (χ0) is 12.5. The van der Waals surface area contributed by atoms with Gasteiger partial charge in [-0.2, -0.15) is 0 Å². The fourth-order valence-electron chi connectivity index (χ4n) is 1.67. The fourth-order valence-corrected chi connectivity index (χ4v) is 1.67. The highest BCUT2D eigenvalue weighted by atomic mass is 16.5. The Kier molecular flexibility index (Phi) is 3.48. The van der Waals surface area contributed by atoms with E-state index in [1.165, 1.54) is 7.11 Å². The third-order valence-corrected chi connectivity index (χ3v) is 3.10. The predicted molar refractivity (Wildman–Crippen MR) is 64.2 cm³/mol. The Morgan fingerprint density at radius 2 is 1.88 bits per heavy atom. The van der Waals surface area contributed by atoms with E-state index in [1.807, 2.05) is 33.8 Å². The average Bonchev–Trinajstić information content (AvgIpc) is 2.25. The number of hydrogen-bond acceptors (Lipinski definition) is 3. The number of methoxy groups -OCH3 is 1. The first kappa shape index (κ1) is 12.8. The van der Waals surface area contributed by atoms with Gasteiger partial charge in [-0.1, -0.05) is 19.9 Å². The SMILES string of the molecule is COc1c(C(C)(C)CO)cc(C)c(C)c1O. The van der Waals surface area contributed by atoms with E-state index in [2.05, 4.69) is 0 Å². The third kappa shape index (κ3) is 2.00. The van der Waals surface area contributed by atoms with Crippen molar-refractivity contribution in [1.29, 1.82) is 0 Å². The number of phenolic OH excluding ortho intramolecular Hbond substituents is 1. The third-order valence-electron chi connectivity index (χ3n) is 3.10. The molecule has 0 heterocycles. The maximum Gasteiger partial charge on any atom is 0.164 e. The molecule has 90 valence electrons. The van der Waals surface area contributed by atoms with E-state index in [0.717, 1.165) is 16.7 Å². The van der Waals surface area contributed by atoms with E-state index < -0.39 is 5.41 Å². The summed E-state index contributed by atoms with van der Waals surface area (Å²) < 4.78 is 5.24. The molecular formula is C13H20O3. The Hall–Kier alpha value is -1.22. The summed E-state index contributed by atoms with van der Waals surface area (Å²) in [5.41, 5.74) is 2.21. The van der Waals surface area contributed by atoms with Gasteiger partial charge >= 0.3 is 0 Å². The van der Waals surface area contributed by atoms with Gasteiger partial charge in [0.1, 0.15) is 0 Å². The highest BCUT2D eigenvalue weighted by Crippen LogP contribution is 2.41. The van der Waals surface area contributed by atoms with E-state index in [-0.39, 0.29) is 12.4 Å². The highest BCUT2D eigenvalue weighted by Gasteiger charge is 2.27. The van der Waals surface area contributed by atoms with Crippen LogP contribution in [0.25, 0.3) is 0 Å². The number of aliphatic hydroxyl groups excluding tert-OH is 1. The molecule has 3 nitrogen and oxygen atoms in total. The summed E-state index contributed by atoms with van der Waals surface area (Å²) >= 11 is 0. The van der Waals surface area contributed by atoms with Crippen LogP contribution in [0.1, 0.15) is 30.5 Å². The molecule has 0 amide bonds. The van der Waals surface area contributed by atoms with Gasteiger partial charge in [-0.05, 0) is 25.0 Å². The molecular weight excluding hydrogens is 204 g/mol. The molecule has 0 aliphatic heterocycles. The van der Waals surface area contributed by atoms with Crippen molar-refractivity contribution in [3.8, 4) is 11.5 Å². The van der Waals surface area contributed by atoms with Gasteiger partial charge in [0, 0.05) is 11.0 Å². The summed E-state index contributed by atoms with van der Waals surface area (Å²) in [5.74, 6) is 0.626. The van der Waals surface area contributed by atoms with Crippen molar-refractivity contribution in [2.45, 2.75) is 33.1 Å². The maximum atomic E-state index is 10.0. The highest BCUT2D eigenvalue weighted by molar-refractivity contribution is 5.56. The molecule has 0 unspecified atom stereocenters. The molecule has 0 fully saturated rings. The second kappa shape index (κ2) is 4.34. The Bertz CT molecular complexity index is 395. The molecule has 1 aromatic rings. The van der Waals surface area contributed by atoms with Crippen LogP contribution in [-0.2, 0) is 5.41 Å². The van der Waals surface area contributed by atoms with Crippen LogP contribution in [-0.4, -0.2) is 23.9 Å². The lowest BCUT2D eigenvalue weighted by Crippen LogP contribution is -2.23. The molecule has 0 saturated carbocycles. The van der Waals surface area contributed by atoms with Crippen LogP contribution in [0.4, 0.5) is 0 Å². The summed E-state index contributed by atoms with van der Waals surface area (Å²) in [5, 5.41) is 19.4. The molecule has 1 aromatic carbocycles. The molecule has 16 heavy (non-hydrogen) atoms. The first-order valence-corrected chi connectivity index (χ1v) is 5.33. The minimum Gasteiger partial charge on any atom is -0.504 e. The lowest BCUT2D eigenvalue weighted by atomic mass is 9.83. The number of ether oxygens (including phenoxy) is 1. The van der Waals surface area contributed by atoms with Crippen LogP contribution in [0.5, 0.6) is 11.5 Å². The Labute approximate surface area is 96.7 Å². The molecule has 1 rings (SSSR count). The molecule has 0 saturated heterocycles. The van der Waals surface area contributed by atoms with Crippen LogP contribution in [0.2, 0.25) is 0 Å². The Morgan fingerprint density at radius 3 is 2.31 bits per heavy atom. The number of phenols is 1. The predicted octanol–water partition coefficient (Wildman–Crippen LogP) is 2.29. The lowest BCUT2D eigenvalue weighted by molar-refractivity contribution is 0.213. The van der Waals surface area contributed by atoms with Gasteiger partial charge in [0.25, 0.3) is 0 Å². The Balaban J connectivity index is 3.51. The van der Waals surface area contributed by atoms with Gasteiger partial charge in [-0.15, -0.1) is 0 Å². The summed E-state index contributed by atoms with van der Waals surface area (Å²) in [6.45, 7) is 7.62. The monoisotopic (exact) mass is 224 g/mol. The largest absolute Gasteiger partial charge is 0.504 e. The number of aryl methyl sites for hydroxylation is 1. The number of hydrogen-bond donors (Lipinski definition) is 2. The minimum atomic E-state index is -0.429. The van der Waals surface area contributed by atoms with Crippen LogP contribution in [0.3, 0.4) is 0 Å². The molecule has 0 bridgehead atoms. The molecule has 0 aliphatic rings. The standard InChI is InChI=1S/C13H20O3/c1-8-6-10(13(3,4)7-14)12(16-5)11(15)9(8)2/h6,14-15H,7H2,1-5H3. The first-order valence-electron chi connectivity index (χ1n) is 5.33. The molecule has 2 N–H and O–H groups in total. The van der Waals surface area contributed by atoms with Crippen molar-refractivity contribution in [3.05, 3.63) is 22.8 Å². The van der Waals surface area contributed by atoms with Gasteiger partial charge in [0.15, 0.2) is 11.5 Å². The summed E-state index contributed by atoms with van der Waals surface area (Å²) in [7, 11) is 1.53. The molecule has 0 aromatic heterocycles. The van der Waals surface area contributed by atoms with E-state index >= 15 is 0 Å². The van der Waals surface area contributed by atoms with Crippen LogP contribution < -0.4 is 4.74 Å². The maximum absolute atomic E-state index is 10.0. The second-order valence-electron chi connectivity index (χ2n) is 4.79. The van der Waals surface area contributed by atoms with Crippen LogP contribution in [0.15, 0.2) is 6.07 Å². The Morgan fingerprint density at radius 1 is 1.31 bits per heavy atom. The summed E-state index contributed by atoms with van der Waals surface area (Å²) in [6, 6.07) is 1.96. The van der Waals surface area contributed by atoms with Crippen molar-refractivity contribution in [2.24, 2.45) is 0 Å². The number of rotatable bonds is 3. The molecule has 0 spiro atoms. The topological polar surface area (TPSA) is 49.7 Å². The summed E-state index contributed by atoms with van der Waals surface area (Å²) in [6.07, 6.45) is 0. The van der Waals surface area contributed by atoms with Crippen LogP contribution >= 0.6 is 0 Å². The smallest absolute Gasteiger partial charge is 0.164 e. The quantitative estimate of drug-likeness (QED) is 0.828. The normalized spacial score (nSPS) is 11.6. The molecule has 0 atom stereocenters. The zero-order valence-corrected chi connectivity index (χ0v) is 10.6. The second-order valence-corrected chi connectivity index (χ2v) is 4.79. The van der Waals surface area contributed by atoms with Crippen molar-refractivity contribution in [3.63, 3.8) is 0 Å². The average molecular weight is 224 g/mol. The number of benzene rings is 1. The van der Waals surface area contributed by atoms with Gasteiger partial charge in [-0.25, -0.2) is 0 Å². The molecule has 0 aliphatic carbocycles. The van der Waals surface area contributed by atoms with Crippen molar-refractivity contribution in [2.75, 3.05) is 13.7 Å². The first-order chi connectivity index (χ1) is 7.35. The minimum absolute atomic E-state index is 0.00526. The lowest BCUT2D eigenvalue weighted by Gasteiger charge is -2.26. The van der Waals surface area contributed by atoms with Gasteiger partial charge in [0.05, 0.1) is 13.7 Å². The van der Waals surface area contributed by atoms with E-state index in [0.29, 0.717) is 5.75 Å². The summed E-state index contributed by atoms with van der Waals surface area (Å²) in [4.78, 5) is 0. The fraction of sp³-hybridized carbons (Fsp3) is 0.538. The van der Waals surface area contributed by atoms with E-state index in [4.69, 9.17) is 4.74 Å². The molecule has 3 heteroatoms. The zero-order valence-electron chi connectivity index (χ0n) is 10.6. The number of aromatic hydroxyl groups is 1. The van der Waals surface area contributed by atoms with Gasteiger partial charge < -0.3 is 14.9 Å². The van der Waals surface area contributed by atoms with Gasteiger partial charge in [-0.3, -0.25) is 0 Å². The van der Waals surface area contributed by atoms with E-state index in [9.17, 15) is 10.2 Å². The number of aliphatic hydroxyl groups is 1. The van der Waals surface area contributed by atoms with Gasteiger partial charge in [0.2, 0.25) is 0 Å². The molecule has 0 radical (unpaired) electrons. The van der Waals surface area contributed by atoms with Crippen LogP contribution in [0, 0.1) is 13.8 Å². The van der Waals surface area contributed by atoms with Crippen molar-refractivity contribution < 1.29 is 14.9 Å². The van der Waals surface area contributed by atoms with E-state index in [1.54, 1.807) is 0 Å². The van der Waals surface area contributed by atoms with Crippen molar-refractivity contribution >= 4 is 0 Å². The van der Waals surface area contributed by atoms with Crippen molar-refractivity contribution in [1.82, 2.24) is 0 Å².